The number of benzene rings is 1. The molecule has 90 valence electrons. The molecule has 0 atom stereocenters. The quantitative estimate of drug-likeness (QED) is 0.663. The number of nitrogens with zero attached hydrogens (tertiary/aromatic N) is 2. The molecule has 2 nitrogen and oxygen atoms in total. The fourth-order valence-corrected chi connectivity index (χ4v) is 2.42. The average Bonchev–Trinajstić information content (AvgIpc) is 2.68. The molecular weight excluding hydrogens is 302 g/mol. The van der Waals surface area contributed by atoms with Gasteiger partial charge in [-0.1, -0.05) is 6.07 Å². The van der Waals surface area contributed by atoms with Gasteiger partial charge in [0.15, 0.2) is 0 Å². The van der Waals surface area contributed by atoms with Crippen LogP contribution in [0.3, 0.4) is 0 Å². The Bertz CT molecular complexity index is 737. The number of pyridine rings is 1. The molecule has 0 saturated heterocycles. The van der Waals surface area contributed by atoms with Gasteiger partial charge >= 0.3 is 0 Å². The Labute approximate surface area is 110 Å². The van der Waals surface area contributed by atoms with Gasteiger partial charge in [0.25, 0.3) is 0 Å². The van der Waals surface area contributed by atoms with Crippen molar-refractivity contribution < 1.29 is 8.78 Å². The highest BCUT2D eigenvalue weighted by atomic mass is 79.9. The molecule has 0 bridgehead atoms. The van der Waals surface area contributed by atoms with E-state index in [0.717, 1.165) is 6.07 Å². The van der Waals surface area contributed by atoms with Gasteiger partial charge in [0, 0.05) is 17.8 Å². The molecule has 0 aliphatic rings. The maximum atomic E-state index is 13.7. The first-order valence-electron chi connectivity index (χ1n) is 5.25. The molecule has 0 N–H and O–H groups in total. The predicted octanol–water partition coefficient (Wildman–Crippen LogP) is 4.04. The molecule has 18 heavy (non-hydrogen) atoms. The first kappa shape index (κ1) is 11.3. The lowest BCUT2D eigenvalue weighted by Gasteiger charge is -2.00. The molecular formula is C13H7BrF2N2. The van der Waals surface area contributed by atoms with Gasteiger partial charge in [0.1, 0.15) is 27.6 Å². The van der Waals surface area contributed by atoms with Crippen molar-refractivity contribution in [2.75, 3.05) is 0 Å². The van der Waals surface area contributed by atoms with Crippen LogP contribution in [0.4, 0.5) is 8.78 Å². The summed E-state index contributed by atoms with van der Waals surface area (Å²) in [5.41, 5.74) is 1.42. The smallest absolute Gasteiger partial charge is 0.138 e. The van der Waals surface area contributed by atoms with Crippen molar-refractivity contribution in [1.29, 1.82) is 0 Å². The van der Waals surface area contributed by atoms with E-state index in [1.165, 1.54) is 12.1 Å². The Kier molecular flexibility index (Phi) is 2.63. The van der Waals surface area contributed by atoms with Gasteiger partial charge in [0.05, 0.1) is 0 Å². The summed E-state index contributed by atoms with van der Waals surface area (Å²) in [6.07, 6.45) is 1.82. The number of rotatable bonds is 1. The lowest BCUT2D eigenvalue weighted by Crippen LogP contribution is -1.87. The van der Waals surface area contributed by atoms with Gasteiger partial charge in [-0.2, -0.15) is 0 Å². The fraction of sp³-hybridized carbons (Fsp3) is 0. The van der Waals surface area contributed by atoms with Gasteiger partial charge in [0.2, 0.25) is 0 Å². The molecule has 2 aromatic heterocycles. The first-order chi connectivity index (χ1) is 8.66. The minimum atomic E-state index is -0.626. The zero-order valence-corrected chi connectivity index (χ0v) is 10.7. The standard InChI is InChI=1S/C13H7BrF2N2/c14-13-12(9-5-4-8(15)7-10(9)16)17-11-3-1-2-6-18(11)13/h1-7H. The highest BCUT2D eigenvalue weighted by Crippen LogP contribution is 2.30. The van der Waals surface area contributed by atoms with Crippen molar-refractivity contribution in [3.63, 3.8) is 0 Å². The van der Waals surface area contributed by atoms with E-state index in [4.69, 9.17) is 0 Å². The molecule has 0 spiro atoms. The van der Waals surface area contributed by atoms with Gasteiger partial charge in [-0.3, -0.25) is 4.40 Å². The largest absolute Gasteiger partial charge is 0.294 e. The highest BCUT2D eigenvalue weighted by Gasteiger charge is 2.15. The topological polar surface area (TPSA) is 17.3 Å². The molecule has 0 aliphatic carbocycles. The summed E-state index contributed by atoms with van der Waals surface area (Å²) >= 11 is 3.38. The second-order valence-electron chi connectivity index (χ2n) is 3.80. The fourth-order valence-electron chi connectivity index (χ4n) is 1.82. The number of hydrogen-bond donors (Lipinski definition) is 0. The molecule has 3 rings (SSSR count). The van der Waals surface area contributed by atoms with E-state index in [0.29, 0.717) is 15.9 Å². The summed E-state index contributed by atoms with van der Waals surface area (Å²) in [5.74, 6) is -1.23. The molecule has 1 aromatic carbocycles. The van der Waals surface area contributed by atoms with Crippen LogP contribution in [-0.2, 0) is 0 Å². The van der Waals surface area contributed by atoms with Crippen LogP contribution in [0.5, 0.6) is 0 Å². The average molecular weight is 309 g/mol. The number of fused-ring (bicyclic) bond motifs is 1. The summed E-state index contributed by atoms with van der Waals surface area (Å²) in [7, 11) is 0. The van der Waals surface area contributed by atoms with E-state index in [9.17, 15) is 8.78 Å². The van der Waals surface area contributed by atoms with Gasteiger partial charge < -0.3 is 0 Å². The normalized spacial score (nSPS) is 11.1. The molecule has 0 radical (unpaired) electrons. The zero-order valence-electron chi connectivity index (χ0n) is 9.07. The molecule has 0 fully saturated rings. The monoisotopic (exact) mass is 308 g/mol. The lowest BCUT2D eigenvalue weighted by atomic mass is 10.1. The van der Waals surface area contributed by atoms with Crippen LogP contribution in [0.2, 0.25) is 0 Å². The minimum Gasteiger partial charge on any atom is -0.294 e. The van der Waals surface area contributed by atoms with Crippen LogP contribution in [0.15, 0.2) is 47.2 Å². The van der Waals surface area contributed by atoms with Gasteiger partial charge in [-0.25, -0.2) is 13.8 Å². The summed E-state index contributed by atoms with van der Waals surface area (Å²) in [6.45, 7) is 0. The minimum absolute atomic E-state index is 0.270. The summed E-state index contributed by atoms with van der Waals surface area (Å²) in [4.78, 5) is 4.33. The zero-order chi connectivity index (χ0) is 12.7. The Morgan fingerprint density at radius 3 is 2.67 bits per heavy atom. The third kappa shape index (κ3) is 1.71. The number of imidazole rings is 1. The molecule has 0 aliphatic heterocycles. The van der Waals surface area contributed by atoms with Gasteiger partial charge in [-0.15, -0.1) is 0 Å². The summed E-state index contributed by atoms with van der Waals surface area (Å²) in [5, 5.41) is 0. The van der Waals surface area contributed by atoms with Crippen molar-refractivity contribution in [3.05, 3.63) is 58.8 Å². The molecule has 2 heterocycles. The van der Waals surface area contributed by atoms with E-state index >= 15 is 0 Å². The third-order valence-corrected chi connectivity index (χ3v) is 3.42. The highest BCUT2D eigenvalue weighted by molar-refractivity contribution is 9.10. The van der Waals surface area contributed by atoms with Crippen LogP contribution in [0.25, 0.3) is 16.9 Å². The second kappa shape index (κ2) is 4.17. The van der Waals surface area contributed by atoms with E-state index < -0.39 is 11.6 Å². The Morgan fingerprint density at radius 2 is 1.94 bits per heavy atom. The van der Waals surface area contributed by atoms with E-state index in [1.807, 2.05) is 24.4 Å². The van der Waals surface area contributed by atoms with Crippen LogP contribution >= 0.6 is 15.9 Å². The van der Waals surface area contributed by atoms with Crippen LogP contribution in [0.1, 0.15) is 0 Å². The Balaban J connectivity index is 2.28. The SMILES string of the molecule is Fc1ccc(-c2nc3ccccn3c2Br)c(F)c1. The predicted molar refractivity (Wildman–Crippen MR) is 68.2 cm³/mol. The van der Waals surface area contributed by atoms with Crippen molar-refractivity contribution in [1.82, 2.24) is 9.38 Å². The maximum Gasteiger partial charge on any atom is 0.138 e. The van der Waals surface area contributed by atoms with Crippen molar-refractivity contribution in [2.24, 2.45) is 0 Å². The van der Waals surface area contributed by atoms with Gasteiger partial charge in [-0.05, 0) is 40.2 Å². The number of aromatic nitrogens is 2. The molecule has 0 amide bonds. The van der Waals surface area contributed by atoms with Crippen molar-refractivity contribution in [2.45, 2.75) is 0 Å². The lowest BCUT2D eigenvalue weighted by molar-refractivity contribution is 0.585. The van der Waals surface area contributed by atoms with Crippen LogP contribution in [0, 0.1) is 11.6 Å². The van der Waals surface area contributed by atoms with E-state index in [1.54, 1.807) is 4.40 Å². The molecule has 0 unspecified atom stereocenters. The van der Waals surface area contributed by atoms with Crippen molar-refractivity contribution in [3.8, 4) is 11.3 Å². The number of hydrogen-bond acceptors (Lipinski definition) is 1. The van der Waals surface area contributed by atoms with Crippen molar-refractivity contribution >= 4 is 21.6 Å². The van der Waals surface area contributed by atoms with Crippen LogP contribution < -0.4 is 0 Å². The molecule has 5 heteroatoms. The van der Waals surface area contributed by atoms with E-state index in [-0.39, 0.29) is 5.56 Å². The number of halogens is 3. The maximum absolute atomic E-state index is 13.7. The molecule has 0 saturated carbocycles. The van der Waals surface area contributed by atoms with Crippen LogP contribution in [-0.4, -0.2) is 9.38 Å². The Morgan fingerprint density at radius 1 is 1.11 bits per heavy atom. The summed E-state index contributed by atoms with van der Waals surface area (Å²) < 4.78 is 29.1. The molecule has 3 aromatic rings. The second-order valence-corrected chi connectivity index (χ2v) is 4.56. The van der Waals surface area contributed by atoms with E-state index in [2.05, 4.69) is 20.9 Å². The Hall–Kier alpha value is -1.75. The third-order valence-electron chi connectivity index (χ3n) is 2.66. The first-order valence-corrected chi connectivity index (χ1v) is 6.04. The summed E-state index contributed by atoms with van der Waals surface area (Å²) in [6, 6.07) is 8.97.